The third kappa shape index (κ3) is 5.39. The van der Waals surface area contributed by atoms with Gasteiger partial charge in [-0.2, -0.15) is 0 Å². The fourth-order valence-electron chi connectivity index (χ4n) is 5.36. The fourth-order valence-corrected chi connectivity index (χ4v) is 5.36. The van der Waals surface area contributed by atoms with Gasteiger partial charge in [-0.15, -0.1) is 0 Å². The predicted molar refractivity (Wildman–Crippen MR) is 140 cm³/mol. The minimum Gasteiger partial charge on any atom is -0.392 e. The second-order valence-electron chi connectivity index (χ2n) is 10.0. The lowest BCUT2D eigenvalue weighted by molar-refractivity contribution is -0.276. The number of aliphatic hydroxyl groups is 2. The number of rotatable bonds is 7. The molecule has 2 heterocycles. The van der Waals surface area contributed by atoms with Crippen molar-refractivity contribution in [2.75, 3.05) is 19.6 Å². The predicted octanol–water partition coefficient (Wildman–Crippen LogP) is 4.16. The van der Waals surface area contributed by atoms with Gasteiger partial charge in [0, 0.05) is 37.7 Å². The molecule has 190 valence electrons. The summed E-state index contributed by atoms with van der Waals surface area (Å²) in [5.74, 6) is 0.120. The van der Waals surface area contributed by atoms with E-state index >= 15 is 0 Å². The van der Waals surface area contributed by atoms with E-state index in [2.05, 4.69) is 48.2 Å². The second kappa shape index (κ2) is 11.2. The van der Waals surface area contributed by atoms with Crippen LogP contribution in [-0.2, 0) is 22.6 Å². The van der Waals surface area contributed by atoms with Gasteiger partial charge < -0.3 is 25.4 Å². The summed E-state index contributed by atoms with van der Waals surface area (Å²) in [6, 6.07) is 24.5. The fraction of sp³-hybridized carbons (Fsp3) is 0.400. The molecule has 3 aromatic rings. The molecule has 0 aromatic heterocycles. The highest BCUT2D eigenvalue weighted by Gasteiger charge is 2.39. The van der Waals surface area contributed by atoms with Crippen LogP contribution in [0.25, 0.3) is 11.1 Å². The largest absolute Gasteiger partial charge is 0.392 e. The first-order valence-corrected chi connectivity index (χ1v) is 12.8. The van der Waals surface area contributed by atoms with E-state index in [4.69, 9.17) is 15.2 Å². The number of benzene rings is 3. The summed E-state index contributed by atoms with van der Waals surface area (Å²) in [7, 11) is 0. The molecule has 2 aliphatic heterocycles. The quantitative estimate of drug-likeness (QED) is 0.463. The Morgan fingerprint density at radius 2 is 1.67 bits per heavy atom. The summed E-state index contributed by atoms with van der Waals surface area (Å²) in [4.78, 5) is 2.28. The highest BCUT2D eigenvalue weighted by Crippen LogP contribution is 2.42. The molecule has 0 radical (unpaired) electrons. The van der Waals surface area contributed by atoms with E-state index in [0.29, 0.717) is 13.1 Å². The minimum absolute atomic E-state index is 0.0205. The van der Waals surface area contributed by atoms with E-state index < -0.39 is 6.29 Å². The number of β-amino-alcohol motifs (C(OH)–C–C–N with tert-alkyl or cyclic N) is 1. The van der Waals surface area contributed by atoms with Crippen LogP contribution in [0.15, 0.2) is 72.8 Å². The summed E-state index contributed by atoms with van der Waals surface area (Å²) in [6.07, 6.45) is -0.152. The zero-order chi connectivity index (χ0) is 25.1. The maximum absolute atomic E-state index is 10.0. The average Bonchev–Trinajstić information content (AvgIpc) is 3.34. The SMILES string of the molecule is C[C@@H]1[C@H](CN2CC[C@H](O)C2)O[C@H](c2ccc(-c3ccccc3CN)cc2)O[C@@H]1c1ccc(CO)cc1. The lowest BCUT2D eigenvalue weighted by Crippen LogP contribution is -2.44. The van der Waals surface area contributed by atoms with E-state index in [-0.39, 0.29) is 30.8 Å². The maximum Gasteiger partial charge on any atom is 0.184 e. The average molecular weight is 489 g/mol. The Hall–Kier alpha value is -2.58. The Bertz CT molecular complexity index is 1130. The van der Waals surface area contributed by atoms with Gasteiger partial charge in [0.15, 0.2) is 6.29 Å². The number of ether oxygens (including phenoxy) is 2. The molecule has 6 heteroatoms. The number of nitrogens with two attached hydrogens (primary N) is 1. The molecule has 2 aliphatic rings. The van der Waals surface area contributed by atoms with Gasteiger partial charge in [0.05, 0.1) is 24.9 Å². The molecule has 0 bridgehead atoms. The van der Waals surface area contributed by atoms with E-state index in [0.717, 1.165) is 52.9 Å². The van der Waals surface area contributed by atoms with Crippen LogP contribution in [0, 0.1) is 5.92 Å². The molecule has 0 aliphatic carbocycles. The van der Waals surface area contributed by atoms with Crippen LogP contribution in [0.4, 0.5) is 0 Å². The van der Waals surface area contributed by atoms with E-state index in [9.17, 15) is 10.2 Å². The highest BCUT2D eigenvalue weighted by atomic mass is 16.7. The molecule has 0 amide bonds. The summed E-state index contributed by atoms with van der Waals surface area (Å²) in [6.45, 7) is 5.00. The van der Waals surface area contributed by atoms with Gasteiger partial charge in [0.25, 0.3) is 0 Å². The lowest BCUT2D eigenvalue weighted by Gasteiger charge is -2.42. The van der Waals surface area contributed by atoms with E-state index in [1.165, 1.54) is 0 Å². The molecule has 3 aromatic carbocycles. The third-order valence-corrected chi connectivity index (χ3v) is 7.54. The number of nitrogens with zero attached hydrogens (tertiary/aromatic N) is 1. The number of likely N-dealkylation sites (tertiary alicyclic amines) is 1. The summed E-state index contributed by atoms with van der Waals surface area (Å²) < 4.78 is 13.1. The summed E-state index contributed by atoms with van der Waals surface area (Å²) >= 11 is 0. The molecule has 2 saturated heterocycles. The summed E-state index contributed by atoms with van der Waals surface area (Å²) in [5.41, 5.74) is 12.2. The van der Waals surface area contributed by atoms with Gasteiger partial charge in [0.2, 0.25) is 0 Å². The van der Waals surface area contributed by atoms with Crippen molar-refractivity contribution in [3.63, 3.8) is 0 Å². The molecule has 36 heavy (non-hydrogen) atoms. The standard InChI is InChI=1S/C30H36N2O4/c1-20-28(18-32-15-14-26(34)17-32)35-30(36-29(20)23-8-6-21(19-33)7-9-23)24-12-10-22(11-13-24)27-5-3-2-4-25(27)16-31/h2-13,20,26,28-30,33-34H,14-19,31H2,1H3/t20-,26+,28+,29+,30+/m1/s1. The van der Waals surface area contributed by atoms with Gasteiger partial charge in [-0.1, -0.05) is 79.7 Å². The third-order valence-electron chi connectivity index (χ3n) is 7.54. The van der Waals surface area contributed by atoms with Crippen molar-refractivity contribution in [2.45, 2.75) is 51.1 Å². The first kappa shape index (κ1) is 25.1. The van der Waals surface area contributed by atoms with Crippen molar-refractivity contribution < 1.29 is 19.7 Å². The minimum atomic E-state index is -0.500. The van der Waals surface area contributed by atoms with Crippen molar-refractivity contribution in [1.82, 2.24) is 4.90 Å². The van der Waals surface area contributed by atoms with E-state index in [1.807, 2.05) is 36.4 Å². The van der Waals surface area contributed by atoms with Gasteiger partial charge in [0.1, 0.15) is 0 Å². The van der Waals surface area contributed by atoms with Gasteiger partial charge >= 0.3 is 0 Å². The van der Waals surface area contributed by atoms with Gasteiger partial charge in [-0.25, -0.2) is 0 Å². The molecule has 0 unspecified atom stereocenters. The second-order valence-corrected chi connectivity index (χ2v) is 10.0. The van der Waals surface area contributed by atoms with Crippen molar-refractivity contribution in [3.8, 4) is 11.1 Å². The Labute approximate surface area is 213 Å². The first-order valence-electron chi connectivity index (χ1n) is 12.8. The van der Waals surface area contributed by atoms with Crippen molar-refractivity contribution in [2.24, 2.45) is 11.7 Å². The number of hydrogen-bond donors (Lipinski definition) is 3. The molecule has 6 nitrogen and oxygen atoms in total. The van der Waals surface area contributed by atoms with E-state index in [1.54, 1.807) is 0 Å². The Kier molecular flexibility index (Phi) is 7.82. The Morgan fingerprint density at radius 1 is 0.944 bits per heavy atom. The smallest absolute Gasteiger partial charge is 0.184 e. The van der Waals surface area contributed by atoms with Crippen LogP contribution in [0.3, 0.4) is 0 Å². The molecular formula is C30H36N2O4. The highest BCUT2D eigenvalue weighted by molar-refractivity contribution is 5.67. The van der Waals surface area contributed by atoms with Crippen molar-refractivity contribution in [1.29, 1.82) is 0 Å². The van der Waals surface area contributed by atoms with Gasteiger partial charge in [-0.05, 0) is 34.2 Å². The number of aliphatic hydroxyl groups excluding tert-OH is 2. The zero-order valence-electron chi connectivity index (χ0n) is 20.8. The molecular weight excluding hydrogens is 452 g/mol. The molecule has 5 rings (SSSR count). The van der Waals surface area contributed by atoms with Crippen LogP contribution < -0.4 is 5.73 Å². The summed E-state index contributed by atoms with van der Waals surface area (Å²) in [5, 5.41) is 19.5. The van der Waals surface area contributed by atoms with Crippen molar-refractivity contribution >= 4 is 0 Å². The normalized spacial score (nSPS) is 26.8. The Balaban J connectivity index is 1.41. The zero-order valence-corrected chi connectivity index (χ0v) is 20.8. The monoisotopic (exact) mass is 488 g/mol. The molecule has 2 fully saturated rings. The van der Waals surface area contributed by atoms with Crippen LogP contribution in [0.1, 0.15) is 48.0 Å². The molecule has 0 saturated carbocycles. The van der Waals surface area contributed by atoms with Crippen molar-refractivity contribution in [3.05, 3.63) is 95.1 Å². The van der Waals surface area contributed by atoms with Crippen LogP contribution in [-0.4, -0.2) is 47.0 Å². The molecule has 4 N–H and O–H groups in total. The van der Waals surface area contributed by atoms with Crippen LogP contribution in [0.2, 0.25) is 0 Å². The first-order chi connectivity index (χ1) is 17.6. The Morgan fingerprint density at radius 3 is 2.33 bits per heavy atom. The van der Waals surface area contributed by atoms with Crippen LogP contribution >= 0.6 is 0 Å². The molecule has 5 atom stereocenters. The topological polar surface area (TPSA) is 88.2 Å². The molecule has 0 spiro atoms. The maximum atomic E-state index is 10.0. The van der Waals surface area contributed by atoms with Crippen LogP contribution in [0.5, 0.6) is 0 Å². The number of hydrogen-bond acceptors (Lipinski definition) is 6. The lowest BCUT2D eigenvalue weighted by atomic mass is 9.90. The van der Waals surface area contributed by atoms with Gasteiger partial charge in [-0.3, -0.25) is 4.90 Å².